The number of hydrogen-bond acceptors (Lipinski definition) is 5. The molecular formula is C28H23N3O4. The number of rotatable bonds is 6. The molecule has 4 aromatic rings. The number of hydrogen-bond donors (Lipinski definition) is 0. The van der Waals surface area contributed by atoms with Crippen molar-refractivity contribution in [2.24, 2.45) is 4.99 Å². The topological polar surface area (TPSA) is 85.0 Å². The highest BCUT2D eigenvalue weighted by Crippen LogP contribution is 2.26. The summed E-state index contributed by atoms with van der Waals surface area (Å²) in [4.78, 5) is 30.9. The molecule has 1 amide bonds. The van der Waals surface area contributed by atoms with E-state index in [4.69, 9.17) is 9.73 Å². The zero-order valence-electron chi connectivity index (χ0n) is 19.3. The van der Waals surface area contributed by atoms with E-state index in [0.29, 0.717) is 28.5 Å². The van der Waals surface area contributed by atoms with Crippen molar-refractivity contribution >= 4 is 28.8 Å². The van der Waals surface area contributed by atoms with Crippen LogP contribution >= 0.6 is 0 Å². The predicted molar refractivity (Wildman–Crippen MR) is 137 cm³/mol. The van der Waals surface area contributed by atoms with Crippen molar-refractivity contribution in [1.29, 1.82) is 0 Å². The Kier molecular flexibility index (Phi) is 6.97. The van der Waals surface area contributed by atoms with Crippen LogP contribution in [0.4, 0.5) is 17.1 Å². The first-order valence-corrected chi connectivity index (χ1v) is 10.9. The number of nitro benzene ring substituents is 1. The number of carbonyl (C=O) groups excluding carboxylic acids is 1. The van der Waals surface area contributed by atoms with Crippen molar-refractivity contribution in [2.45, 2.75) is 6.92 Å². The number of para-hydroxylation sites is 1. The Morgan fingerprint density at radius 3 is 2.00 bits per heavy atom. The second-order valence-corrected chi connectivity index (χ2v) is 7.78. The molecule has 0 atom stereocenters. The lowest BCUT2D eigenvalue weighted by atomic mass is 10.1. The Labute approximate surface area is 203 Å². The monoisotopic (exact) mass is 465 g/mol. The Hall–Kier alpha value is -4.78. The summed E-state index contributed by atoms with van der Waals surface area (Å²) in [5.41, 5.74) is 3.27. The molecule has 0 fully saturated rings. The number of benzene rings is 4. The number of non-ortho nitro benzene ring substituents is 1. The summed E-state index contributed by atoms with van der Waals surface area (Å²) in [6.45, 7) is 1.99. The van der Waals surface area contributed by atoms with Crippen molar-refractivity contribution in [3.8, 4) is 5.75 Å². The third-order valence-corrected chi connectivity index (χ3v) is 5.37. The quantitative estimate of drug-likeness (QED) is 0.144. The van der Waals surface area contributed by atoms with E-state index in [1.807, 2.05) is 61.5 Å². The molecule has 0 heterocycles. The molecule has 4 aromatic carbocycles. The number of amides is 1. The van der Waals surface area contributed by atoms with Crippen LogP contribution in [0.2, 0.25) is 0 Å². The van der Waals surface area contributed by atoms with Crippen molar-refractivity contribution < 1.29 is 14.5 Å². The Morgan fingerprint density at radius 1 is 0.829 bits per heavy atom. The van der Waals surface area contributed by atoms with Crippen molar-refractivity contribution in [3.63, 3.8) is 0 Å². The molecule has 0 saturated heterocycles. The molecule has 7 nitrogen and oxygen atoms in total. The smallest absolute Gasteiger partial charge is 0.269 e. The predicted octanol–water partition coefficient (Wildman–Crippen LogP) is 6.34. The Morgan fingerprint density at radius 2 is 1.43 bits per heavy atom. The number of aryl methyl sites for hydroxylation is 1. The van der Waals surface area contributed by atoms with Crippen LogP contribution < -0.4 is 9.64 Å². The fourth-order valence-corrected chi connectivity index (χ4v) is 3.49. The summed E-state index contributed by atoms with van der Waals surface area (Å²) in [7, 11) is 1.57. The van der Waals surface area contributed by atoms with Gasteiger partial charge in [-0.25, -0.2) is 4.99 Å². The average Bonchev–Trinajstić information content (AvgIpc) is 2.89. The molecule has 0 aliphatic carbocycles. The molecule has 0 aliphatic heterocycles. The van der Waals surface area contributed by atoms with Gasteiger partial charge < -0.3 is 4.74 Å². The molecule has 0 bridgehead atoms. The molecule has 0 radical (unpaired) electrons. The second-order valence-electron chi connectivity index (χ2n) is 7.78. The number of ether oxygens (including phenoxy) is 1. The normalized spacial score (nSPS) is 11.1. The van der Waals surface area contributed by atoms with Gasteiger partial charge in [0.15, 0.2) is 0 Å². The van der Waals surface area contributed by atoms with Gasteiger partial charge >= 0.3 is 0 Å². The van der Waals surface area contributed by atoms with Crippen LogP contribution in [-0.2, 0) is 0 Å². The minimum atomic E-state index is -0.496. The van der Waals surface area contributed by atoms with Gasteiger partial charge in [0.2, 0.25) is 0 Å². The number of carbonyl (C=O) groups is 1. The van der Waals surface area contributed by atoms with Gasteiger partial charge in [0.05, 0.1) is 23.4 Å². The van der Waals surface area contributed by atoms with Gasteiger partial charge in [-0.1, -0.05) is 48.0 Å². The highest BCUT2D eigenvalue weighted by atomic mass is 16.6. The molecule has 4 rings (SSSR count). The molecular weight excluding hydrogens is 442 g/mol. The molecule has 35 heavy (non-hydrogen) atoms. The SMILES string of the molecule is COc1ccc(N(C(=O)c2ccc([N+](=O)[O-])cc2)C(=Nc2ccccc2)c2ccc(C)cc2)cc1. The summed E-state index contributed by atoms with van der Waals surface area (Å²) < 4.78 is 5.29. The lowest BCUT2D eigenvalue weighted by molar-refractivity contribution is -0.384. The first kappa shape index (κ1) is 23.4. The number of amidine groups is 1. The Bertz CT molecular complexity index is 1350. The molecule has 0 aliphatic rings. The van der Waals surface area contributed by atoms with Crippen molar-refractivity contribution in [3.05, 3.63) is 130 Å². The summed E-state index contributed by atoms with van der Waals surface area (Å²) in [5, 5.41) is 11.1. The maximum atomic E-state index is 13.9. The van der Waals surface area contributed by atoms with Crippen LogP contribution in [0.15, 0.2) is 108 Å². The zero-order valence-corrected chi connectivity index (χ0v) is 19.3. The Balaban J connectivity index is 1.90. The zero-order chi connectivity index (χ0) is 24.8. The van der Waals surface area contributed by atoms with Crippen molar-refractivity contribution in [2.75, 3.05) is 12.0 Å². The minimum Gasteiger partial charge on any atom is -0.497 e. The highest BCUT2D eigenvalue weighted by molar-refractivity contribution is 6.28. The van der Waals surface area contributed by atoms with E-state index in [1.54, 1.807) is 31.4 Å². The maximum Gasteiger partial charge on any atom is 0.269 e. The highest BCUT2D eigenvalue weighted by Gasteiger charge is 2.25. The van der Waals surface area contributed by atoms with Crippen molar-refractivity contribution in [1.82, 2.24) is 0 Å². The largest absolute Gasteiger partial charge is 0.497 e. The number of nitrogens with zero attached hydrogens (tertiary/aromatic N) is 3. The number of aliphatic imine (C=N–C) groups is 1. The second kappa shape index (κ2) is 10.4. The van der Waals surface area contributed by atoms with E-state index in [-0.39, 0.29) is 11.6 Å². The van der Waals surface area contributed by atoms with E-state index in [0.717, 1.165) is 11.1 Å². The summed E-state index contributed by atoms with van der Waals surface area (Å²) in [6.07, 6.45) is 0. The standard InChI is InChI=1S/C28H23N3O4/c1-20-8-10-21(11-9-20)27(29-23-6-4-3-5-7-23)30(24-16-18-26(35-2)19-17-24)28(32)22-12-14-25(15-13-22)31(33)34/h3-19H,1-2H3. The molecule has 0 N–H and O–H groups in total. The van der Waals surface area contributed by atoms with Crippen LogP contribution in [0.1, 0.15) is 21.5 Å². The van der Waals surface area contributed by atoms with E-state index < -0.39 is 4.92 Å². The van der Waals surface area contributed by atoms with Crippen LogP contribution in [0, 0.1) is 17.0 Å². The number of nitro groups is 1. The molecule has 174 valence electrons. The van der Waals surface area contributed by atoms with Gasteiger partial charge in [-0.05, 0) is 55.5 Å². The molecule has 0 spiro atoms. The molecule has 0 saturated carbocycles. The fourth-order valence-electron chi connectivity index (χ4n) is 3.49. The van der Waals surface area contributed by atoms with E-state index in [9.17, 15) is 14.9 Å². The van der Waals surface area contributed by atoms with Gasteiger partial charge in [0.1, 0.15) is 11.6 Å². The van der Waals surface area contributed by atoms with Gasteiger partial charge in [0, 0.05) is 23.3 Å². The van der Waals surface area contributed by atoms with Gasteiger partial charge in [-0.3, -0.25) is 19.8 Å². The minimum absolute atomic E-state index is 0.0886. The maximum absolute atomic E-state index is 13.9. The third kappa shape index (κ3) is 5.42. The first-order valence-electron chi connectivity index (χ1n) is 10.9. The average molecular weight is 466 g/mol. The lowest BCUT2D eigenvalue weighted by Crippen LogP contribution is -2.37. The first-order chi connectivity index (χ1) is 17.0. The van der Waals surface area contributed by atoms with E-state index >= 15 is 0 Å². The third-order valence-electron chi connectivity index (χ3n) is 5.37. The van der Waals surface area contributed by atoms with Gasteiger partial charge in [0.25, 0.3) is 11.6 Å². The molecule has 0 aromatic heterocycles. The van der Waals surface area contributed by atoms with Crippen LogP contribution in [0.3, 0.4) is 0 Å². The van der Waals surface area contributed by atoms with Gasteiger partial charge in [-0.15, -0.1) is 0 Å². The van der Waals surface area contributed by atoms with Gasteiger partial charge in [-0.2, -0.15) is 0 Å². The molecule has 7 heteroatoms. The number of methoxy groups -OCH3 is 1. The molecule has 0 unspecified atom stereocenters. The fraction of sp³-hybridized carbons (Fsp3) is 0.0714. The number of anilines is 1. The summed E-state index contributed by atoms with van der Waals surface area (Å²) in [5.74, 6) is 0.693. The summed E-state index contributed by atoms with van der Waals surface area (Å²) in [6, 6.07) is 29.7. The van der Waals surface area contributed by atoms with Crippen LogP contribution in [0.5, 0.6) is 5.75 Å². The lowest BCUT2D eigenvalue weighted by Gasteiger charge is -2.25. The van der Waals surface area contributed by atoms with Crippen LogP contribution in [0.25, 0.3) is 0 Å². The van der Waals surface area contributed by atoms with Crippen LogP contribution in [-0.4, -0.2) is 23.8 Å². The summed E-state index contributed by atoms with van der Waals surface area (Å²) >= 11 is 0. The van der Waals surface area contributed by atoms with E-state index in [1.165, 1.54) is 29.2 Å². The van der Waals surface area contributed by atoms with E-state index in [2.05, 4.69) is 0 Å².